The van der Waals surface area contributed by atoms with Crippen LogP contribution in [0, 0.1) is 5.92 Å². The normalized spacial score (nSPS) is 28.8. The van der Waals surface area contributed by atoms with E-state index in [-0.39, 0.29) is 30.3 Å². The number of hydrogen-bond acceptors (Lipinski definition) is 5. The lowest BCUT2D eigenvalue weighted by atomic mass is 9.59. The van der Waals surface area contributed by atoms with Gasteiger partial charge in [0.1, 0.15) is 12.4 Å². The van der Waals surface area contributed by atoms with Crippen LogP contribution in [0.15, 0.2) is 41.7 Å². The lowest BCUT2D eigenvalue weighted by molar-refractivity contribution is 0.0631. The molecule has 0 bridgehead atoms. The highest BCUT2D eigenvalue weighted by Crippen LogP contribution is 2.55. The highest BCUT2D eigenvalue weighted by atomic mass is 16.5. The summed E-state index contributed by atoms with van der Waals surface area (Å²) in [5.74, 6) is 0.895. The van der Waals surface area contributed by atoms with E-state index in [1.54, 1.807) is 0 Å². The molecule has 0 amide bonds. The van der Waals surface area contributed by atoms with Crippen LogP contribution in [0.2, 0.25) is 0 Å². The SMILES string of the molecule is C[C@@]12CC[C@@H](O)[C@@H]3COC(=C31)C(=O)c1cc3c(OCCO)cccc3cc12. The van der Waals surface area contributed by atoms with E-state index in [9.17, 15) is 9.90 Å². The fourth-order valence-corrected chi connectivity index (χ4v) is 5.05. The fourth-order valence-electron chi connectivity index (χ4n) is 5.05. The van der Waals surface area contributed by atoms with Crippen molar-refractivity contribution in [3.63, 3.8) is 0 Å². The number of rotatable bonds is 3. The van der Waals surface area contributed by atoms with E-state index >= 15 is 0 Å². The highest BCUT2D eigenvalue weighted by molar-refractivity contribution is 6.13. The monoisotopic (exact) mass is 366 g/mol. The second kappa shape index (κ2) is 5.81. The van der Waals surface area contributed by atoms with Gasteiger partial charge in [-0.05, 0) is 47.6 Å². The number of aliphatic hydroxyl groups excluding tert-OH is 2. The molecule has 2 N–H and O–H groups in total. The summed E-state index contributed by atoms with van der Waals surface area (Å²) in [5.41, 5.74) is 2.35. The largest absolute Gasteiger partial charge is 0.491 e. The summed E-state index contributed by atoms with van der Waals surface area (Å²) < 4.78 is 11.5. The number of carbonyl (C=O) groups is 1. The number of fused-ring (bicyclic) bond motifs is 3. The molecule has 5 heteroatoms. The summed E-state index contributed by atoms with van der Waals surface area (Å²) in [6, 6.07) is 9.77. The van der Waals surface area contributed by atoms with Crippen LogP contribution in [0.3, 0.4) is 0 Å². The Bertz CT molecular complexity index is 992. The average Bonchev–Trinajstić information content (AvgIpc) is 3.14. The minimum Gasteiger partial charge on any atom is -0.491 e. The molecule has 27 heavy (non-hydrogen) atoms. The smallest absolute Gasteiger partial charge is 0.227 e. The van der Waals surface area contributed by atoms with Gasteiger partial charge in [0, 0.05) is 22.3 Å². The van der Waals surface area contributed by atoms with Crippen molar-refractivity contribution in [1.29, 1.82) is 0 Å². The first-order valence-electron chi connectivity index (χ1n) is 9.45. The molecule has 2 aromatic rings. The van der Waals surface area contributed by atoms with Crippen LogP contribution in [0.5, 0.6) is 5.75 Å². The van der Waals surface area contributed by atoms with Crippen molar-refractivity contribution in [2.45, 2.75) is 31.3 Å². The lowest BCUT2D eigenvalue weighted by Crippen LogP contribution is -2.43. The summed E-state index contributed by atoms with van der Waals surface area (Å²) >= 11 is 0. The Hall–Kier alpha value is -2.37. The Labute approximate surface area is 157 Å². The highest BCUT2D eigenvalue weighted by Gasteiger charge is 2.53. The molecule has 0 unspecified atom stereocenters. The van der Waals surface area contributed by atoms with Crippen molar-refractivity contribution >= 4 is 16.6 Å². The minimum atomic E-state index is -0.445. The van der Waals surface area contributed by atoms with Gasteiger partial charge in [0.25, 0.3) is 0 Å². The second-order valence-electron chi connectivity index (χ2n) is 7.87. The standard InChI is InChI=1S/C22H22O5/c1-22-6-5-17(24)15-11-27-21(19(15)22)20(25)14-10-13-12(9-16(14)22)3-2-4-18(13)26-8-7-23/h2-4,9-10,15,17,23-24H,5-8,11H2,1H3/t15-,17+,22-/m0/s1. The number of Topliss-reactive ketones (excluding diaryl/α,β-unsaturated/α-hetero) is 1. The number of hydrogen-bond donors (Lipinski definition) is 2. The van der Waals surface area contributed by atoms with Gasteiger partial charge in [-0.1, -0.05) is 19.1 Å². The molecule has 2 aliphatic carbocycles. The van der Waals surface area contributed by atoms with E-state index < -0.39 is 6.10 Å². The van der Waals surface area contributed by atoms with Gasteiger partial charge in [0.15, 0.2) is 5.76 Å². The van der Waals surface area contributed by atoms with Crippen molar-refractivity contribution in [1.82, 2.24) is 0 Å². The molecule has 1 aliphatic heterocycles. The van der Waals surface area contributed by atoms with Gasteiger partial charge >= 0.3 is 0 Å². The predicted octanol–water partition coefficient (Wildman–Crippen LogP) is 2.72. The third-order valence-corrected chi connectivity index (χ3v) is 6.39. The lowest BCUT2D eigenvalue weighted by Gasteiger charge is -2.43. The maximum atomic E-state index is 13.2. The van der Waals surface area contributed by atoms with Crippen molar-refractivity contribution in [2.24, 2.45) is 5.92 Å². The summed E-state index contributed by atoms with van der Waals surface area (Å²) in [6.45, 7) is 2.69. The minimum absolute atomic E-state index is 0.0634. The third-order valence-electron chi connectivity index (χ3n) is 6.39. The van der Waals surface area contributed by atoms with Crippen LogP contribution in [0.4, 0.5) is 0 Å². The molecule has 1 saturated carbocycles. The Balaban J connectivity index is 1.73. The van der Waals surface area contributed by atoms with Gasteiger partial charge in [-0.2, -0.15) is 0 Å². The van der Waals surface area contributed by atoms with Gasteiger partial charge in [-0.3, -0.25) is 4.79 Å². The zero-order valence-corrected chi connectivity index (χ0v) is 15.2. The number of allylic oxidation sites excluding steroid dienone is 1. The number of ether oxygens (including phenoxy) is 2. The first-order valence-corrected chi connectivity index (χ1v) is 9.45. The summed E-state index contributed by atoms with van der Waals surface area (Å²) in [5, 5.41) is 21.3. The van der Waals surface area contributed by atoms with E-state index in [1.165, 1.54) is 0 Å². The van der Waals surface area contributed by atoms with Crippen molar-refractivity contribution in [2.75, 3.05) is 19.8 Å². The first-order chi connectivity index (χ1) is 13.0. The topological polar surface area (TPSA) is 76.0 Å². The molecule has 0 saturated heterocycles. The maximum absolute atomic E-state index is 13.2. The third kappa shape index (κ3) is 2.22. The van der Waals surface area contributed by atoms with E-state index in [1.807, 2.05) is 24.3 Å². The Morgan fingerprint density at radius 1 is 1.33 bits per heavy atom. The van der Waals surface area contributed by atoms with Crippen LogP contribution in [-0.4, -0.2) is 41.9 Å². The van der Waals surface area contributed by atoms with Crippen LogP contribution >= 0.6 is 0 Å². The molecule has 2 aromatic carbocycles. The number of ketones is 1. The van der Waals surface area contributed by atoms with Gasteiger partial charge in [0.2, 0.25) is 5.78 Å². The van der Waals surface area contributed by atoms with E-state index in [4.69, 9.17) is 14.6 Å². The Morgan fingerprint density at radius 3 is 3.00 bits per heavy atom. The van der Waals surface area contributed by atoms with Crippen molar-refractivity contribution in [3.8, 4) is 5.75 Å². The quantitative estimate of drug-likeness (QED) is 0.874. The maximum Gasteiger partial charge on any atom is 0.227 e. The molecule has 5 nitrogen and oxygen atoms in total. The molecule has 5 rings (SSSR count). The zero-order valence-electron chi connectivity index (χ0n) is 15.2. The van der Waals surface area contributed by atoms with Crippen LogP contribution in [0.25, 0.3) is 10.8 Å². The predicted molar refractivity (Wildman–Crippen MR) is 99.9 cm³/mol. The molecule has 0 radical (unpaired) electrons. The van der Waals surface area contributed by atoms with Crippen molar-refractivity contribution in [3.05, 3.63) is 52.8 Å². The molecule has 1 heterocycles. The summed E-state index contributed by atoms with van der Waals surface area (Å²) in [7, 11) is 0. The van der Waals surface area contributed by atoms with Crippen molar-refractivity contribution < 1.29 is 24.5 Å². The first kappa shape index (κ1) is 16.8. The van der Waals surface area contributed by atoms with Gasteiger partial charge in [-0.15, -0.1) is 0 Å². The Morgan fingerprint density at radius 2 is 2.19 bits per heavy atom. The van der Waals surface area contributed by atoms with Gasteiger partial charge < -0.3 is 19.7 Å². The molecule has 0 aromatic heterocycles. The zero-order chi connectivity index (χ0) is 18.8. The van der Waals surface area contributed by atoms with Crippen LogP contribution < -0.4 is 4.74 Å². The van der Waals surface area contributed by atoms with E-state index in [0.717, 1.165) is 28.3 Å². The Kier molecular flexibility index (Phi) is 3.61. The van der Waals surface area contributed by atoms with Gasteiger partial charge in [0.05, 0.1) is 19.3 Å². The molecule has 3 aliphatic rings. The fraction of sp³-hybridized carbons (Fsp3) is 0.409. The van der Waals surface area contributed by atoms with Crippen LogP contribution in [0.1, 0.15) is 35.7 Å². The molecule has 3 atom stereocenters. The van der Waals surface area contributed by atoms with E-state index in [0.29, 0.717) is 30.1 Å². The summed E-state index contributed by atoms with van der Waals surface area (Å²) in [4.78, 5) is 13.2. The van der Waals surface area contributed by atoms with Crippen LogP contribution in [-0.2, 0) is 10.2 Å². The number of benzene rings is 2. The molecular weight excluding hydrogens is 344 g/mol. The summed E-state index contributed by atoms with van der Waals surface area (Å²) in [6.07, 6.45) is 1.05. The second-order valence-corrected chi connectivity index (χ2v) is 7.87. The van der Waals surface area contributed by atoms with Gasteiger partial charge in [-0.25, -0.2) is 0 Å². The molecule has 1 fully saturated rings. The average molecular weight is 366 g/mol. The molecular formula is C22H22O5. The number of aliphatic hydroxyl groups is 2. The molecule has 140 valence electrons. The number of carbonyl (C=O) groups excluding carboxylic acids is 1. The molecule has 0 spiro atoms. The van der Waals surface area contributed by atoms with E-state index in [2.05, 4.69) is 13.0 Å².